The molecular formula is C21H21I. The van der Waals surface area contributed by atoms with Gasteiger partial charge in [-0.2, -0.15) is 0 Å². The number of benzene rings is 2. The third-order valence-electron chi connectivity index (χ3n) is 4.37. The summed E-state index contributed by atoms with van der Waals surface area (Å²) in [6.45, 7) is 4.69. The van der Waals surface area contributed by atoms with Gasteiger partial charge in [0.1, 0.15) is 0 Å². The molecular weight excluding hydrogens is 379 g/mol. The molecule has 0 atom stereocenters. The fourth-order valence-corrected chi connectivity index (χ4v) is 3.39. The van der Waals surface area contributed by atoms with E-state index >= 15 is 0 Å². The Morgan fingerprint density at radius 2 is 1.55 bits per heavy atom. The number of hydrogen-bond donors (Lipinski definition) is 0. The Labute approximate surface area is 147 Å². The molecule has 0 amide bonds. The maximum Gasteiger partial charge on any atom is 0.0130 e. The number of halogens is 1. The van der Waals surface area contributed by atoms with Crippen LogP contribution in [0.2, 0.25) is 0 Å². The van der Waals surface area contributed by atoms with Crippen LogP contribution in [0.25, 0.3) is 11.1 Å². The van der Waals surface area contributed by atoms with Gasteiger partial charge in [-0.1, -0.05) is 68.5 Å². The molecule has 0 saturated carbocycles. The van der Waals surface area contributed by atoms with Gasteiger partial charge >= 0.3 is 0 Å². The van der Waals surface area contributed by atoms with Crippen LogP contribution in [-0.4, -0.2) is 0 Å². The van der Waals surface area contributed by atoms with Crippen molar-refractivity contribution in [3.05, 3.63) is 81.5 Å². The molecule has 0 radical (unpaired) electrons. The van der Waals surface area contributed by atoms with Crippen LogP contribution >= 0.6 is 22.6 Å². The topological polar surface area (TPSA) is 0 Å². The van der Waals surface area contributed by atoms with E-state index in [4.69, 9.17) is 0 Å². The van der Waals surface area contributed by atoms with Crippen molar-refractivity contribution in [1.82, 2.24) is 0 Å². The van der Waals surface area contributed by atoms with E-state index in [0.717, 1.165) is 12.8 Å². The Bertz CT molecular complexity index is 718. The van der Waals surface area contributed by atoms with Gasteiger partial charge in [0.15, 0.2) is 0 Å². The molecule has 0 aliphatic heterocycles. The Morgan fingerprint density at radius 3 is 2.32 bits per heavy atom. The molecule has 112 valence electrons. The van der Waals surface area contributed by atoms with Crippen LogP contribution < -0.4 is 0 Å². The Balaban J connectivity index is 2.09. The molecule has 0 bridgehead atoms. The maximum atomic E-state index is 2.39. The lowest BCUT2D eigenvalue weighted by Gasteiger charge is -2.27. The van der Waals surface area contributed by atoms with E-state index in [1.165, 1.54) is 25.8 Å². The molecule has 0 spiro atoms. The molecule has 0 saturated heterocycles. The summed E-state index contributed by atoms with van der Waals surface area (Å²) >= 11 is 2.35. The van der Waals surface area contributed by atoms with Crippen LogP contribution in [0.3, 0.4) is 0 Å². The highest BCUT2D eigenvalue weighted by Crippen LogP contribution is 2.34. The van der Waals surface area contributed by atoms with E-state index in [9.17, 15) is 0 Å². The van der Waals surface area contributed by atoms with E-state index in [2.05, 4.69) is 103 Å². The molecule has 0 aromatic heterocycles. The van der Waals surface area contributed by atoms with Gasteiger partial charge in [-0.3, -0.25) is 0 Å². The summed E-state index contributed by atoms with van der Waals surface area (Å²) in [6.07, 6.45) is 11.0. The molecule has 0 nitrogen and oxygen atoms in total. The van der Waals surface area contributed by atoms with Crippen LogP contribution in [0.15, 0.2) is 66.8 Å². The lowest BCUT2D eigenvalue weighted by molar-refractivity contribution is 0.530. The van der Waals surface area contributed by atoms with Gasteiger partial charge in [0.25, 0.3) is 0 Å². The normalized spacial score (nSPS) is 19.4. The highest BCUT2D eigenvalue weighted by Gasteiger charge is 2.23. The van der Waals surface area contributed by atoms with Crippen molar-refractivity contribution in [2.45, 2.75) is 32.1 Å². The quantitative estimate of drug-likeness (QED) is 0.493. The third kappa shape index (κ3) is 3.35. The fraction of sp³-hybridized carbons (Fsp3) is 0.238. The van der Waals surface area contributed by atoms with Crippen LogP contribution in [0.4, 0.5) is 0 Å². The molecule has 1 aliphatic rings. The van der Waals surface area contributed by atoms with Crippen LogP contribution in [-0.2, 0) is 11.8 Å². The summed E-state index contributed by atoms with van der Waals surface area (Å²) in [5.41, 5.74) is 5.69. The minimum Gasteiger partial charge on any atom is -0.0837 e. The summed E-state index contributed by atoms with van der Waals surface area (Å²) in [6, 6.07) is 15.7. The van der Waals surface area contributed by atoms with Crippen molar-refractivity contribution in [3.8, 4) is 11.1 Å². The molecule has 1 heteroatoms. The minimum atomic E-state index is 0.164. The average Bonchev–Trinajstić information content (AvgIpc) is 2.57. The van der Waals surface area contributed by atoms with E-state index in [0.29, 0.717) is 0 Å². The first kappa shape index (κ1) is 15.5. The first-order valence-corrected chi connectivity index (χ1v) is 8.85. The van der Waals surface area contributed by atoms with Crippen molar-refractivity contribution >= 4 is 22.6 Å². The smallest absolute Gasteiger partial charge is 0.0130 e. The van der Waals surface area contributed by atoms with Gasteiger partial charge in [-0.25, -0.2) is 0 Å². The van der Waals surface area contributed by atoms with Gasteiger partial charge in [-0.15, -0.1) is 0 Å². The van der Waals surface area contributed by atoms with Gasteiger partial charge in [0.05, 0.1) is 0 Å². The number of hydrogen-bond acceptors (Lipinski definition) is 0. The van der Waals surface area contributed by atoms with Gasteiger partial charge in [0, 0.05) is 3.57 Å². The molecule has 2 aromatic rings. The summed E-state index contributed by atoms with van der Waals surface area (Å²) in [4.78, 5) is 0. The molecule has 0 N–H and O–H groups in total. The summed E-state index contributed by atoms with van der Waals surface area (Å²) in [5.74, 6) is 0. The van der Waals surface area contributed by atoms with Gasteiger partial charge < -0.3 is 0 Å². The van der Waals surface area contributed by atoms with E-state index in [-0.39, 0.29) is 5.41 Å². The van der Waals surface area contributed by atoms with Crippen molar-refractivity contribution in [2.75, 3.05) is 0 Å². The van der Waals surface area contributed by atoms with Crippen LogP contribution in [0.1, 0.15) is 31.4 Å². The van der Waals surface area contributed by atoms with E-state index in [1.54, 1.807) is 0 Å². The molecule has 1 aliphatic carbocycles. The van der Waals surface area contributed by atoms with Crippen LogP contribution in [0, 0.1) is 3.57 Å². The zero-order chi connectivity index (χ0) is 15.6. The predicted octanol–water partition coefficient (Wildman–Crippen LogP) is 6.29. The molecule has 0 fully saturated rings. The van der Waals surface area contributed by atoms with Gasteiger partial charge in [0.2, 0.25) is 0 Å². The predicted molar refractivity (Wildman–Crippen MR) is 104 cm³/mol. The second-order valence-electron chi connectivity index (χ2n) is 6.53. The Kier molecular flexibility index (Phi) is 4.53. The Hall–Kier alpha value is -1.35. The summed E-state index contributed by atoms with van der Waals surface area (Å²) in [5, 5.41) is 0. The van der Waals surface area contributed by atoms with Crippen molar-refractivity contribution in [1.29, 1.82) is 0 Å². The Morgan fingerprint density at radius 1 is 0.864 bits per heavy atom. The zero-order valence-corrected chi connectivity index (χ0v) is 15.3. The lowest BCUT2D eigenvalue weighted by Crippen LogP contribution is -2.18. The van der Waals surface area contributed by atoms with Crippen LogP contribution in [0.5, 0.6) is 0 Å². The number of rotatable bonds is 1. The second kappa shape index (κ2) is 6.41. The molecule has 0 heterocycles. The molecule has 22 heavy (non-hydrogen) atoms. The first-order chi connectivity index (χ1) is 10.6. The summed E-state index contributed by atoms with van der Waals surface area (Å²) < 4.78 is 1.28. The van der Waals surface area contributed by atoms with E-state index in [1.807, 2.05) is 0 Å². The first-order valence-electron chi connectivity index (χ1n) is 7.77. The SMILES string of the molecule is CC1(C)C/C=C\C=C/Cc2ccc(-c3ccc(I)cc3)cc21. The van der Waals surface area contributed by atoms with Crippen molar-refractivity contribution < 1.29 is 0 Å². The minimum absolute atomic E-state index is 0.164. The standard InChI is InChI=1S/C21H21I/c1-21(2)14-6-4-3-5-7-17-8-9-18(15-20(17)21)16-10-12-19(22)13-11-16/h3-6,8-13,15H,7,14H2,1-2H3/b5-3-,6-4-. The highest BCUT2D eigenvalue weighted by atomic mass is 127. The third-order valence-corrected chi connectivity index (χ3v) is 5.08. The monoisotopic (exact) mass is 400 g/mol. The largest absolute Gasteiger partial charge is 0.0837 e. The second-order valence-corrected chi connectivity index (χ2v) is 7.77. The zero-order valence-electron chi connectivity index (χ0n) is 13.1. The summed E-state index contributed by atoms with van der Waals surface area (Å²) in [7, 11) is 0. The molecule has 2 aromatic carbocycles. The molecule has 0 unspecified atom stereocenters. The number of fused-ring (bicyclic) bond motifs is 1. The van der Waals surface area contributed by atoms with Crippen molar-refractivity contribution in [2.24, 2.45) is 0 Å². The highest BCUT2D eigenvalue weighted by molar-refractivity contribution is 14.1. The average molecular weight is 400 g/mol. The molecule has 3 rings (SSSR count). The van der Waals surface area contributed by atoms with Crippen molar-refractivity contribution in [3.63, 3.8) is 0 Å². The lowest BCUT2D eigenvalue weighted by atomic mass is 9.77. The fourth-order valence-electron chi connectivity index (χ4n) is 3.03. The number of allylic oxidation sites excluding steroid dienone is 4. The maximum absolute atomic E-state index is 2.39. The van der Waals surface area contributed by atoms with E-state index < -0.39 is 0 Å². The van der Waals surface area contributed by atoms with Gasteiger partial charge in [-0.05, 0) is 75.2 Å².